The highest BCUT2D eigenvalue weighted by molar-refractivity contribution is 7.92. The van der Waals surface area contributed by atoms with Crippen molar-refractivity contribution in [3.8, 4) is 0 Å². The monoisotopic (exact) mass is 446 g/mol. The minimum atomic E-state index is -4.06. The highest BCUT2D eigenvalue weighted by Crippen LogP contribution is 2.33. The molecule has 0 radical (unpaired) electrons. The number of rotatable bonds is 5. The maximum atomic E-state index is 13.1. The maximum Gasteiger partial charge on any atom is 0.363 e. The van der Waals surface area contributed by atoms with Crippen LogP contribution in [0.1, 0.15) is 37.7 Å². The average molecular weight is 447 g/mol. The normalized spacial score (nSPS) is 15.3. The van der Waals surface area contributed by atoms with Crippen molar-refractivity contribution < 1.29 is 12.8 Å². The molecule has 0 aliphatic heterocycles. The van der Waals surface area contributed by atoms with Gasteiger partial charge in [0.2, 0.25) is 0 Å². The summed E-state index contributed by atoms with van der Waals surface area (Å²) in [7, 11) is -4.06. The first-order valence-corrected chi connectivity index (χ1v) is 11.8. The van der Waals surface area contributed by atoms with Gasteiger partial charge in [0.1, 0.15) is 5.58 Å². The summed E-state index contributed by atoms with van der Waals surface area (Å²) >= 11 is 6.11. The van der Waals surface area contributed by atoms with E-state index in [1.54, 1.807) is 31.2 Å². The van der Waals surface area contributed by atoms with Gasteiger partial charge in [0.15, 0.2) is 5.69 Å². The van der Waals surface area contributed by atoms with E-state index in [2.05, 4.69) is 10.0 Å². The fourth-order valence-corrected chi connectivity index (χ4v) is 5.48. The Balaban J connectivity index is 1.83. The third-order valence-corrected chi connectivity index (χ3v) is 7.41. The minimum Gasteiger partial charge on any atom is -0.421 e. The Labute approximate surface area is 180 Å². The molecule has 0 spiro atoms. The molecule has 1 fully saturated rings. The van der Waals surface area contributed by atoms with Crippen molar-refractivity contribution >= 4 is 44.0 Å². The molecule has 1 aromatic heterocycles. The number of halogens is 1. The zero-order valence-electron chi connectivity index (χ0n) is 16.6. The molecule has 0 saturated heterocycles. The van der Waals surface area contributed by atoms with Crippen LogP contribution in [-0.2, 0) is 10.0 Å². The molecular weight excluding hydrogens is 424 g/mol. The van der Waals surface area contributed by atoms with E-state index in [-0.39, 0.29) is 16.6 Å². The summed E-state index contributed by atoms with van der Waals surface area (Å²) in [6, 6.07) is 11.9. The van der Waals surface area contributed by atoms with Gasteiger partial charge < -0.3 is 9.73 Å². The Kier molecular flexibility index (Phi) is 5.75. The standard InChI is InChI=1S/C22H23ClN2O4S/c1-14-17(23)11-7-13-19(14)30(27,28)25-21-20(24-15-8-3-2-4-9-15)16-10-5-6-12-18(16)29-22(21)26/h5-7,10-13,15,24-25H,2-4,8-9H2,1H3. The van der Waals surface area contributed by atoms with Gasteiger partial charge >= 0.3 is 5.63 Å². The van der Waals surface area contributed by atoms with Gasteiger partial charge in [-0.15, -0.1) is 0 Å². The van der Waals surface area contributed by atoms with Crippen molar-refractivity contribution in [1.82, 2.24) is 0 Å². The van der Waals surface area contributed by atoms with Crippen molar-refractivity contribution in [3.63, 3.8) is 0 Å². The summed E-state index contributed by atoms with van der Waals surface area (Å²) in [5.41, 5.74) is 0.423. The molecule has 0 atom stereocenters. The summed E-state index contributed by atoms with van der Waals surface area (Å²) < 4.78 is 34.1. The zero-order chi connectivity index (χ0) is 21.3. The van der Waals surface area contributed by atoms with Crippen LogP contribution < -0.4 is 15.7 Å². The minimum absolute atomic E-state index is 0.0196. The number of para-hydroxylation sites is 1. The molecule has 1 saturated carbocycles. The van der Waals surface area contributed by atoms with Gasteiger partial charge in [-0.05, 0) is 49.6 Å². The first-order chi connectivity index (χ1) is 14.4. The van der Waals surface area contributed by atoms with E-state index in [4.69, 9.17) is 16.0 Å². The SMILES string of the molecule is Cc1c(Cl)cccc1S(=O)(=O)Nc1c(NC2CCCCC2)c2ccccc2oc1=O. The Bertz CT molecular complexity index is 1250. The van der Waals surface area contributed by atoms with Gasteiger partial charge in [-0.2, -0.15) is 0 Å². The Morgan fingerprint density at radius 1 is 1.00 bits per heavy atom. The van der Waals surface area contributed by atoms with Gasteiger partial charge in [-0.3, -0.25) is 4.72 Å². The second kappa shape index (κ2) is 8.32. The molecule has 2 N–H and O–H groups in total. The predicted molar refractivity (Wildman–Crippen MR) is 120 cm³/mol. The number of nitrogens with one attached hydrogen (secondary N) is 2. The van der Waals surface area contributed by atoms with E-state index in [9.17, 15) is 13.2 Å². The molecule has 2 aromatic carbocycles. The molecule has 0 amide bonds. The lowest BCUT2D eigenvalue weighted by Crippen LogP contribution is -2.26. The molecule has 1 heterocycles. The van der Waals surface area contributed by atoms with Crippen LogP contribution in [-0.4, -0.2) is 14.5 Å². The van der Waals surface area contributed by atoms with Crippen molar-refractivity contribution in [2.45, 2.75) is 50.0 Å². The molecule has 30 heavy (non-hydrogen) atoms. The largest absolute Gasteiger partial charge is 0.421 e. The van der Waals surface area contributed by atoms with Gasteiger partial charge in [-0.1, -0.05) is 49.1 Å². The molecule has 1 aliphatic carbocycles. The van der Waals surface area contributed by atoms with E-state index in [1.165, 1.54) is 12.5 Å². The molecule has 6 nitrogen and oxygen atoms in total. The van der Waals surface area contributed by atoms with Gasteiger partial charge in [0.25, 0.3) is 10.0 Å². The van der Waals surface area contributed by atoms with Crippen LogP contribution in [0.15, 0.2) is 56.6 Å². The van der Waals surface area contributed by atoms with Crippen molar-refractivity contribution in [2.75, 3.05) is 10.0 Å². The van der Waals surface area contributed by atoms with Crippen molar-refractivity contribution in [3.05, 3.63) is 63.5 Å². The lowest BCUT2D eigenvalue weighted by atomic mass is 9.95. The summed E-state index contributed by atoms with van der Waals surface area (Å²) in [4.78, 5) is 12.8. The van der Waals surface area contributed by atoms with Crippen LogP contribution in [0.2, 0.25) is 5.02 Å². The average Bonchev–Trinajstić information content (AvgIpc) is 2.73. The lowest BCUT2D eigenvalue weighted by Gasteiger charge is -2.25. The van der Waals surface area contributed by atoms with Crippen molar-refractivity contribution in [1.29, 1.82) is 0 Å². The van der Waals surface area contributed by atoms with Crippen molar-refractivity contribution in [2.24, 2.45) is 0 Å². The first-order valence-electron chi connectivity index (χ1n) is 9.97. The Morgan fingerprint density at radius 3 is 2.50 bits per heavy atom. The number of hydrogen-bond donors (Lipinski definition) is 2. The third kappa shape index (κ3) is 4.04. The molecule has 3 aromatic rings. The number of fused-ring (bicyclic) bond motifs is 1. The van der Waals surface area contributed by atoms with E-state index in [0.717, 1.165) is 25.7 Å². The van der Waals surface area contributed by atoms with Crippen LogP contribution >= 0.6 is 11.6 Å². The van der Waals surface area contributed by atoms with Gasteiger partial charge in [0, 0.05) is 16.5 Å². The fraction of sp³-hybridized carbons (Fsp3) is 0.318. The van der Waals surface area contributed by atoms with E-state index >= 15 is 0 Å². The number of benzene rings is 2. The van der Waals surface area contributed by atoms with Gasteiger partial charge in [0.05, 0.1) is 10.6 Å². The smallest absolute Gasteiger partial charge is 0.363 e. The van der Waals surface area contributed by atoms with Gasteiger partial charge in [-0.25, -0.2) is 13.2 Å². The lowest BCUT2D eigenvalue weighted by molar-refractivity contribution is 0.462. The molecule has 158 valence electrons. The number of hydrogen-bond acceptors (Lipinski definition) is 5. The predicted octanol–water partition coefficient (Wildman–Crippen LogP) is 5.30. The van der Waals surface area contributed by atoms with Crippen LogP contribution in [0.3, 0.4) is 0 Å². The zero-order valence-corrected chi connectivity index (χ0v) is 18.1. The van der Waals surface area contributed by atoms with E-state index < -0.39 is 15.6 Å². The Hall–Kier alpha value is -2.51. The summed E-state index contributed by atoms with van der Waals surface area (Å²) in [5, 5.41) is 4.41. The topological polar surface area (TPSA) is 88.4 Å². The quantitative estimate of drug-likeness (QED) is 0.519. The fourth-order valence-electron chi connectivity index (χ4n) is 3.91. The molecule has 4 rings (SSSR count). The molecule has 1 aliphatic rings. The molecule has 8 heteroatoms. The molecule has 0 unspecified atom stereocenters. The van der Waals surface area contributed by atoms with E-state index in [0.29, 0.717) is 27.2 Å². The Morgan fingerprint density at radius 2 is 1.73 bits per heavy atom. The third-order valence-electron chi connectivity index (χ3n) is 5.51. The summed E-state index contributed by atoms with van der Waals surface area (Å²) in [6.07, 6.45) is 5.31. The van der Waals surface area contributed by atoms with Crippen LogP contribution in [0.25, 0.3) is 11.0 Å². The first kappa shape index (κ1) is 20.8. The maximum absolute atomic E-state index is 13.1. The van der Waals surface area contributed by atoms with E-state index in [1.807, 2.05) is 12.1 Å². The van der Waals surface area contributed by atoms with Crippen LogP contribution in [0, 0.1) is 6.92 Å². The number of sulfonamides is 1. The summed E-state index contributed by atoms with van der Waals surface area (Å²) in [6.45, 7) is 1.63. The van der Waals surface area contributed by atoms with Crippen LogP contribution in [0.5, 0.6) is 0 Å². The molecule has 0 bridgehead atoms. The highest BCUT2D eigenvalue weighted by Gasteiger charge is 2.25. The molecular formula is C22H23ClN2O4S. The second-order valence-corrected chi connectivity index (χ2v) is 9.64. The summed E-state index contributed by atoms with van der Waals surface area (Å²) in [5.74, 6) is 0. The number of anilines is 2. The second-order valence-electron chi connectivity index (χ2n) is 7.58. The van der Waals surface area contributed by atoms with Crippen LogP contribution in [0.4, 0.5) is 11.4 Å². The highest BCUT2D eigenvalue weighted by atomic mass is 35.5.